The number of benzene rings is 3. The van der Waals surface area contributed by atoms with E-state index in [-0.39, 0.29) is 11.9 Å². The predicted octanol–water partition coefficient (Wildman–Crippen LogP) is 5.83. The molecule has 0 aliphatic carbocycles. The van der Waals surface area contributed by atoms with E-state index in [9.17, 15) is 4.39 Å². The van der Waals surface area contributed by atoms with Crippen molar-refractivity contribution in [3.8, 4) is 0 Å². The van der Waals surface area contributed by atoms with Crippen molar-refractivity contribution in [2.24, 2.45) is 5.10 Å². The molecule has 0 spiro atoms. The van der Waals surface area contributed by atoms with E-state index in [0.29, 0.717) is 5.02 Å². The van der Waals surface area contributed by atoms with Gasteiger partial charge in [0, 0.05) is 11.4 Å². The molecule has 1 atom stereocenters. The minimum absolute atomic E-state index is 0.0831. The van der Waals surface area contributed by atoms with E-state index in [1.54, 1.807) is 12.1 Å². The number of hydrazone groups is 1. The quantitative estimate of drug-likeness (QED) is 0.579. The lowest BCUT2D eigenvalue weighted by Crippen LogP contribution is -2.18. The van der Waals surface area contributed by atoms with Crippen molar-refractivity contribution in [1.29, 1.82) is 0 Å². The van der Waals surface area contributed by atoms with Gasteiger partial charge in [0.05, 0.1) is 17.4 Å². The van der Waals surface area contributed by atoms with Gasteiger partial charge in [-0.2, -0.15) is 5.10 Å². The SMILES string of the molecule is Fc1ccc(C2=NN(c3ccccc3)[C@@H](c3ccc(Cl)cc3)C2)cc1. The molecule has 0 bridgehead atoms. The summed E-state index contributed by atoms with van der Waals surface area (Å²) in [5.41, 5.74) is 4.07. The number of para-hydroxylation sites is 1. The van der Waals surface area contributed by atoms with Crippen LogP contribution in [0.3, 0.4) is 0 Å². The van der Waals surface area contributed by atoms with Gasteiger partial charge in [0.25, 0.3) is 0 Å². The van der Waals surface area contributed by atoms with Crippen LogP contribution in [0, 0.1) is 5.82 Å². The fraction of sp³-hybridized carbons (Fsp3) is 0.0952. The van der Waals surface area contributed by atoms with Crippen LogP contribution < -0.4 is 5.01 Å². The van der Waals surface area contributed by atoms with Crippen LogP contribution >= 0.6 is 11.6 Å². The molecule has 1 aliphatic rings. The second-order valence-corrected chi connectivity index (χ2v) is 6.44. The van der Waals surface area contributed by atoms with E-state index in [4.69, 9.17) is 16.7 Å². The number of halogens is 2. The molecular weight excluding hydrogens is 335 g/mol. The van der Waals surface area contributed by atoms with E-state index in [1.807, 2.05) is 59.6 Å². The van der Waals surface area contributed by atoms with Crippen molar-refractivity contribution in [2.45, 2.75) is 12.5 Å². The van der Waals surface area contributed by atoms with Crippen molar-refractivity contribution in [2.75, 3.05) is 5.01 Å². The normalized spacial score (nSPS) is 16.8. The topological polar surface area (TPSA) is 15.6 Å². The summed E-state index contributed by atoms with van der Waals surface area (Å²) in [6.45, 7) is 0. The molecule has 25 heavy (non-hydrogen) atoms. The minimum Gasteiger partial charge on any atom is -0.257 e. The lowest BCUT2D eigenvalue weighted by molar-refractivity contribution is 0.627. The van der Waals surface area contributed by atoms with Gasteiger partial charge in [0.15, 0.2) is 0 Å². The second-order valence-electron chi connectivity index (χ2n) is 6.01. The maximum Gasteiger partial charge on any atom is 0.123 e. The van der Waals surface area contributed by atoms with E-state index in [2.05, 4.69) is 0 Å². The zero-order valence-corrected chi connectivity index (χ0v) is 14.2. The second kappa shape index (κ2) is 6.69. The molecule has 1 heterocycles. The summed E-state index contributed by atoms with van der Waals surface area (Å²) in [6, 6.07) is 24.5. The average molecular weight is 351 g/mol. The van der Waals surface area contributed by atoms with Crippen LogP contribution in [0.2, 0.25) is 5.02 Å². The largest absolute Gasteiger partial charge is 0.257 e. The van der Waals surface area contributed by atoms with Gasteiger partial charge in [-0.1, -0.05) is 54.1 Å². The van der Waals surface area contributed by atoms with Gasteiger partial charge in [-0.15, -0.1) is 0 Å². The summed E-state index contributed by atoms with van der Waals surface area (Å²) in [6.07, 6.45) is 0.752. The lowest BCUT2D eigenvalue weighted by atomic mass is 9.98. The van der Waals surface area contributed by atoms with Crippen LogP contribution in [0.4, 0.5) is 10.1 Å². The number of nitrogens with zero attached hydrogens (tertiary/aromatic N) is 2. The Morgan fingerprint density at radius 2 is 1.56 bits per heavy atom. The van der Waals surface area contributed by atoms with E-state index < -0.39 is 0 Å². The van der Waals surface area contributed by atoms with Crippen LogP contribution in [0.1, 0.15) is 23.6 Å². The highest BCUT2D eigenvalue weighted by Crippen LogP contribution is 2.36. The summed E-state index contributed by atoms with van der Waals surface area (Å²) in [4.78, 5) is 0. The molecule has 2 nitrogen and oxygen atoms in total. The first-order valence-electron chi connectivity index (χ1n) is 8.14. The maximum absolute atomic E-state index is 13.2. The van der Waals surface area contributed by atoms with Gasteiger partial charge < -0.3 is 0 Å². The molecule has 3 aromatic rings. The number of hydrogen-bond donors (Lipinski definition) is 0. The third-order valence-corrected chi connectivity index (χ3v) is 4.62. The van der Waals surface area contributed by atoms with Gasteiger partial charge in [-0.05, 0) is 47.5 Å². The number of anilines is 1. The van der Waals surface area contributed by atoms with Gasteiger partial charge in [-0.3, -0.25) is 5.01 Å². The molecule has 0 amide bonds. The van der Waals surface area contributed by atoms with E-state index in [1.165, 1.54) is 12.1 Å². The minimum atomic E-state index is -0.239. The molecule has 0 aromatic heterocycles. The molecule has 0 fully saturated rings. The number of rotatable bonds is 3. The van der Waals surface area contributed by atoms with Crippen molar-refractivity contribution < 1.29 is 4.39 Å². The first kappa shape index (κ1) is 15.9. The van der Waals surface area contributed by atoms with Gasteiger partial charge in [-0.25, -0.2) is 4.39 Å². The molecule has 0 unspecified atom stereocenters. The molecule has 0 saturated heterocycles. The van der Waals surface area contributed by atoms with Crippen molar-refractivity contribution >= 4 is 23.0 Å². The Labute approximate surface area is 151 Å². The van der Waals surface area contributed by atoms with Crippen molar-refractivity contribution in [3.63, 3.8) is 0 Å². The Morgan fingerprint density at radius 1 is 0.880 bits per heavy atom. The molecule has 0 radical (unpaired) electrons. The summed E-state index contributed by atoms with van der Waals surface area (Å²) in [7, 11) is 0. The van der Waals surface area contributed by atoms with Gasteiger partial charge in [0.1, 0.15) is 5.82 Å². The Balaban J connectivity index is 1.73. The molecular formula is C21H16ClFN2. The smallest absolute Gasteiger partial charge is 0.123 e. The van der Waals surface area contributed by atoms with E-state index >= 15 is 0 Å². The van der Waals surface area contributed by atoms with Crippen molar-refractivity contribution in [3.05, 3.63) is 101 Å². The van der Waals surface area contributed by atoms with Crippen LogP contribution in [0.15, 0.2) is 84.0 Å². The third kappa shape index (κ3) is 3.28. The summed E-state index contributed by atoms with van der Waals surface area (Å²) < 4.78 is 13.2. The molecule has 4 rings (SSSR count). The standard InChI is InChI=1S/C21H16ClFN2/c22-17-10-6-16(7-11-17)21-14-20(15-8-12-18(23)13-9-15)24-25(21)19-4-2-1-3-5-19/h1-13,21H,14H2/t21-/m1/s1. The highest BCUT2D eigenvalue weighted by atomic mass is 35.5. The summed E-state index contributed by atoms with van der Waals surface area (Å²) >= 11 is 6.03. The monoisotopic (exact) mass is 350 g/mol. The first-order valence-corrected chi connectivity index (χ1v) is 8.52. The highest BCUT2D eigenvalue weighted by Gasteiger charge is 2.29. The fourth-order valence-corrected chi connectivity index (χ4v) is 3.22. The molecule has 124 valence electrons. The summed E-state index contributed by atoms with van der Waals surface area (Å²) in [5, 5.41) is 7.58. The molecule has 0 saturated carbocycles. The van der Waals surface area contributed by atoms with Crippen LogP contribution in [0.5, 0.6) is 0 Å². The molecule has 0 N–H and O–H groups in total. The van der Waals surface area contributed by atoms with Crippen LogP contribution in [-0.2, 0) is 0 Å². The molecule has 1 aliphatic heterocycles. The Hall–Kier alpha value is -2.65. The van der Waals surface area contributed by atoms with Gasteiger partial charge in [0.2, 0.25) is 0 Å². The average Bonchev–Trinajstić information content (AvgIpc) is 3.09. The zero-order chi connectivity index (χ0) is 17.2. The number of hydrogen-bond acceptors (Lipinski definition) is 2. The zero-order valence-electron chi connectivity index (χ0n) is 13.4. The predicted molar refractivity (Wildman–Crippen MR) is 101 cm³/mol. The fourth-order valence-electron chi connectivity index (χ4n) is 3.09. The molecule has 3 aromatic carbocycles. The maximum atomic E-state index is 13.2. The summed E-state index contributed by atoms with van der Waals surface area (Å²) in [5.74, 6) is -0.239. The third-order valence-electron chi connectivity index (χ3n) is 4.36. The van der Waals surface area contributed by atoms with Gasteiger partial charge >= 0.3 is 0 Å². The lowest BCUT2D eigenvalue weighted by Gasteiger charge is -2.24. The Kier molecular flexibility index (Phi) is 4.24. The Bertz CT molecular complexity index is 889. The molecule has 4 heteroatoms. The highest BCUT2D eigenvalue weighted by molar-refractivity contribution is 6.30. The van der Waals surface area contributed by atoms with E-state index in [0.717, 1.165) is 28.9 Å². The first-order chi connectivity index (χ1) is 12.2. The van der Waals surface area contributed by atoms with Crippen LogP contribution in [0.25, 0.3) is 0 Å². The van der Waals surface area contributed by atoms with Crippen molar-refractivity contribution in [1.82, 2.24) is 0 Å². The van der Waals surface area contributed by atoms with Crippen LogP contribution in [-0.4, -0.2) is 5.71 Å². The Morgan fingerprint density at radius 3 is 2.24 bits per heavy atom.